The van der Waals surface area contributed by atoms with Gasteiger partial charge in [-0.2, -0.15) is 4.31 Å². The van der Waals surface area contributed by atoms with Crippen LogP contribution in [0.5, 0.6) is 0 Å². The van der Waals surface area contributed by atoms with Gasteiger partial charge in [0.15, 0.2) is 0 Å². The summed E-state index contributed by atoms with van der Waals surface area (Å²) in [5.74, 6) is -1.16. The monoisotopic (exact) mass is 524 g/mol. The topological polar surface area (TPSA) is 129 Å². The van der Waals surface area contributed by atoms with E-state index in [1.165, 1.54) is 9.21 Å². The van der Waals surface area contributed by atoms with Crippen LogP contribution in [0.15, 0.2) is 18.2 Å². The van der Waals surface area contributed by atoms with Gasteiger partial charge in [0.2, 0.25) is 10.0 Å². The molecule has 3 fully saturated rings. The van der Waals surface area contributed by atoms with Gasteiger partial charge in [-0.25, -0.2) is 18.7 Å². The number of piperazine rings is 1. The summed E-state index contributed by atoms with van der Waals surface area (Å²) in [4.78, 5) is 28.9. The Morgan fingerprint density at radius 3 is 2.44 bits per heavy atom. The number of anilines is 1. The largest absolute Gasteiger partial charge is 0.444 e. The van der Waals surface area contributed by atoms with Crippen molar-refractivity contribution in [2.45, 2.75) is 39.2 Å². The molecule has 3 aliphatic heterocycles. The third-order valence-electron chi connectivity index (χ3n) is 7.51. The minimum atomic E-state index is -3.79. The van der Waals surface area contributed by atoms with Crippen LogP contribution >= 0.6 is 0 Å². The molecule has 0 bridgehead atoms. The van der Waals surface area contributed by atoms with Crippen molar-refractivity contribution in [2.75, 3.05) is 63.1 Å². The second kappa shape index (κ2) is 10.9. The standard InChI is InChI=1S/C24H36N4O7S/c1-18-3-4-19(2)21(15-18)26-10-12-28(13-11-26)36(32,33)17-24(22(29)25-31)6-8-27(9-7-24)23(30)35-20-5-14-34-16-20/h3-4,15,20,31H,5-14,16-17H2,1-2H3,(H,25,29). The van der Waals surface area contributed by atoms with Crippen molar-refractivity contribution in [3.8, 4) is 0 Å². The fourth-order valence-electron chi connectivity index (χ4n) is 5.20. The average Bonchev–Trinajstić information content (AvgIpc) is 3.38. The number of hydrogen-bond acceptors (Lipinski definition) is 8. The smallest absolute Gasteiger partial charge is 0.410 e. The number of piperidine rings is 1. The van der Waals surface area contributed by atoms with Crippen LogP contribution in [0.1, 0.15) is 30.4 Å². The van der Waals surface area contributed by atoms with Crippen molar-refractivity contribution in [1.82, 2.24) is 14.7 Å². The molecule has 0 aliphatic carbocycles. The first-order chi connectivity index (χ1) is 17.1. The summed E-state index contributed by atoms with van der Waals surface area (Å²) >= 11 is 0. The Morgan fingerprint density at radius 2 is 1.83 bits per heavy atom. The van der Waals surface area contributed by atoms with Crippen molar-refractivity contribution >= 4 is 27.7 Å². The molecule has 1 aromatic carbocycles. The highest BCUT2D eigenvalue weighted by molar-refractivity contribution is 7.89. The number of nitrogens with one attached hydrogen (secondary N) is 1. The second-order valence-electron chi connectivity index (χ2n) is 10.0. The molecule has 1 atom stereocenters. The number of aryl methyl sites for hydroxylation is 2. The van der Waals surface area contributed by atoms with E-state index in [9.17, 15) is 23.2 Å². The van der Waals surface area contributed by atoms with Crippen molar-refractivity contribution in [3.63, 3.8) is 0 Å². The third-order valence-corrected chi connectivity index (χ3v) is 9.58. The Kier molecular flexibility index (Phi) is 8.08. The molecule has 12 heteroatoms. The van der Waals surface area contributed by atoms with Gasteiger partial charge >= 0.3 is 6.09 Å². The Morgan fingerprint density at radius 1 is 1.14 bits per heavy atom. The predicted molar refractivity (Wildman–Crippen MR) is 132 cm³/mol. The number of benzene rings is 1. The Labute approximate surface area is 212 Å². The molecular formula is C24H36N4O7S. The van der Waals surface area contributed by atoms with Crippen LogP contribution in [-0.4, -0.2) is 99.2 Å². The van der Waals surface area contributed by atoms with Crippen LogP contribution in [0.2, 0.25) is 0 Å². The molecule has 1 aromatic rings. The maximum atomic E-state index is 13.4. The summed E-state index contributed by atoms with van der Waals surface area (Å²) in [6.45, 7) is 7.04. The van der Waals surface area contributed by atoms with Crippen LogP contribution < -0.4 is 10.4 Å². The number of hydroxylamine groups is 1. The van der Waals surface area contributed by atoms with E-state index in [0.717, 1.165) is 16.8 Å². The highest BCUT2D eigenvalue weighted by Gasteiger charge is 2.47. The summed E-state index contributed by atoms with van der Waals surface area (Å²) < 4.78 is 38.9. The van der Waals surface area contributed by atoms with Gasteiger partial charge in [0.1, 0.15) is 6.10 Å². The SMILES string of the molecule is Cc1ccc(C)c(N2CCN(S(=O)(=O)CC3(C(=O)NO)CCN(C(=O)OC4CCOC4)CC3)CC2)c1. The highest BCUT2D eigenvalue weighted by Crippen LogP contribution is 2.35. The molecule has 200 valence electrons. The van der Waals surface area contributed by atoms with E-state index >= 15 is 0 Å². The van der Waals surface area contributed by atoms with Crippen molar-refractivity contribution in [1.29, 1.82) is 0 Å². The van der Waals surface area contributed by atoms with Crippen LogP contribution in [-0.2, 0) is 24.3 Å². The van der Waals surface area contributed by atoms with Crippen LogP contribution in [0, 0.1) is 19.3 Å². The summed E-state index contributed by atoms with van der Waals surface area (Å²) in [7, 11) is -3.79. The van der Waals surface area contributed by atoms with Crippen molar-refractivity contribution in [2.24, 2.45) is 5.41 Å². The number of ether oxygens (including phenoxy) is 2. The lowest BCUT2D eigenvalue weighted by Gasteiger charge is -2.41. The number of nitrogens with zero attached hydrogens (tertiary/aromatic N) is 3. The molecule has 2 amide bonds. The molecule has 0 spiro atoms. The summed E-state index contributed by atoms with van der Waals surface area (Å²) in [6.07, 6.45) is 0.0848. The fraction of sp³-hybridized carbons (Fsp3) is 0.667. The normalized spacial score (nSPS) is 22.9. The quantitative estimate of drug-likeness (QED) is 0.421. The first kappa shape index (κ1) is 26.6. The predicted octanol–water partition coefficient (Wildman–Crippen LogP) is 1.27. The van der Waals surface area contributed by atoms with Crippen molar-refractivity contribution in [3.05, 3.63) is 29.3 Å². The van der Waals surface area contributed by atoms with Gasteiger partial charge in [0.25, 0.3) is 5.91 Å². The molecule has 0 radical (unpaired) electrons. The molecule has 3 heterocycles. The first-order valence-corrected chi connectivity index (χ1v) is 14.0. The van der Waals surface area contributed by atoms with Gasteiger partial charge in [-0.15, -0.1) is 0 Å². The highest BCUT2D eigenvalue weighted by atomic mass is 32.2. The molecular weight excluding hydrogens is 488 g/mol. The van der Waals surface area contributed by atoms with Gasteiger partial charge in [-0.1, -0.05) is 12.1 Å². The Bertz CT molecular complexity index is 1060. The van der Waals surface area contributed by atoms with Crippen LogP contribution in [0.4, 0.5) is 10.5 Å². The van der Waals surface area contributed by atoms with Gasteiger partial charge < -0.3 is 19.3 Å². The molecule has 36 heavy (non-hydrogen) atoms. The number of rotatable bonds is 6. The van der Waals surface area contributed by atoms with Gasteiger partial charge in [-0.3, -0.25) is 10.0 Å². The second-order valence-corrected chi connectivity index (χ2v) is 12.0. The lowest BCUT2D eigenvalue weighted by Crippen LogP contribution is -2.56. The zero-order valence-corrected chi connectivity index (χ0v) is 21.8. The summed E-state index contributed by atoms with van der Waals surface area (Å²) in [5.41, 5.74) is 3.73. The van der Waals surface area contributed by atoms with Gasteiger partial charge in [0, 0.05) is 51.4 Å². The van der Waals surface area contributed by atoms with E-state index in [4.69, 9.17) is 9.47 Å². The Hall–Kier alpha value is -2.41. The molecule has 1 unspecified atom stereocenters. The minimum Gasteiger partial charge on any atom is -0.444 e. The molecule has 0 saturated carbocycles. The number of amides is 2. The summed E-state index contributed by atoms with van der Waals surface area (Å²) in [6, 6.07) is 6.23. The van der Waals surface area contributed by atoms with Crippen molar-refractivity contribution < 1.29 is 32.7 Å². The van der Waals surface area contributed by atoms with E-state index in [2.05, 4.69) is 23.1 Å². The maximum Gasteiger partial charge on any atom is 0.410 e. The average molecular weight is 525 g/mol. The Balaban J connectivity index is 1.38. The number of carbonyl (C=O) groups is 2. The summed E-state index contributed by atoms with van der Waals surface area (Å²) in [5, 5.41) is 9.40. The van der Waals surface area contributed by atoms with E-state index in [0.29, 0.717) is 45.8 Å². The zero-order valence-electron chi connectivity index (χ0n) is 20.9. The van der Waals surface area contributed by atoms with E-state index in [1.54, 1.807) is 5.48 Å². The van der Waals surface area contributed by atoms with E-state index in [-0.39, 0.29) is 32.0 Å². The van der Waals surface area contributed by atoms with Crippen LogP contribution in [0.25, 0.3) is 0 Å². The van der Waals surface area contributed by atoms with Gasteiger partial charge in [0.05, 0.1) is 24.4 Å². The van der Waals surface area contributed by atoms with Crippen LogP contribution in [0.3, 0.4) is 0 Å². The minimum absolute atomic E-state index is 0.108. The number of carbonyl (C=O) groups excluding carboxylic acids is 2. The molecule has 0 aromatic heterocycles. The fourth-order valence-corrected chi connectivity index (χ4v) is 7.22. The lowest BCUT2D eigenvalue weighted by atomic mass is 9.79. The molecule has 4 rings (SSSR count). The number of likely N-dealkylation sites (tertiary alicyclic amines) is 1. The zero-order chi connectivity index (χ0) is 25.9. The molecule has 3 saturated heterocycles. The van der Waals surface area contributed by atoms with E-state index in [1.807, 2.05) is 13.8 Å². The molecule has 11 nitrogen and oxygen atoms in total. The van der Waals surface area contributed by atoms with Gasteiger partial charge in [-0.05, 0) is 43.9 Å². The molecule has 3 aliphatic rings. The number of hydrogen-bond donors (Lipinski definition) is 2. The maximum absolute atomic E-state index is 13.4. The molecule has 2 N–H and O–H groups in total. The lowest BCUT2D eigenvalue weighted by molar-refractivity contribution is -0.141. The first-order valence-electron chi connectivity index (χ1n) is 12.4. The van der Waals surface area contributed by atoms with E-state index < -0.39 is 33.2 Å². The number of sulfonamides is 1. The third kappa shape index (κ3) is 5.77.